The maximum atomic E-state index is 9.41. The standard InChI is InChI=1S/C15H19ClO3S/c16-12-1-2-14(11(7-12)9-17)19-13-3-5-18-15(8-13)4-6-20-10-15/h1-2,7,13,17H,3-6,8-10H2. The smallest absolute Gasteiger partial charge is 0.125 e. The first kappa shape index (κ1) is 14.5. The lowest BCUT2D eigenvalue weighted by molar-refractivity contribution is -0.0961. The number of thioether (sulfide) groups is 1. The van der Waals surface area contributed by atoms with Crippen LogP contribution in [0.2, 0.25) is 5.02 Å². The summed E-state index contributed by atoms with van der Waals surface area (Å²) in [6.45, 7) is 0.702. The highest BCUT2D eigenvalue weighted by atomic mass is 35.5. The first-order valence-corrected chi connectivity index (χ1v) is 8.52. The summed E-state index contributed by atoms with van der Waals surface area (Å²) in [4.78, 5) is 0. The van der Waals surface area contributed by atoms with Gasteiger partial charge in [-0.05, 0) is 30.4 Å². The summed E-state index contributed by atoms with van der Waals surface area (Å²) in [6, 6.07) is 5.41. The molecule has 0 amide bonds. The summed E-state index contributed by atoms with van der Waals surface area (Å²) in [5, 5.41) is 10.0. The molecule has 3 rings (SSSR count). The molecule has 2 atom stereocenters. The normalized spacial score (nSPS) is 29.8. The Hall–Kier alpha value is -0.420. The lowest BCUT2D eigenvalue weighted by atomic mass is 9.91. The van der Waals surface area contributed by atoms with Crippen molar-refractivity contribution in [3.8, 4) is 5.75 Å². The maximum absolute atomic E-state index is 9.41. The molecule has 110 valence electrons. The average Bonchev–Trinajstić information content (AvgIpc) is 2.89. The van der Waals surface area contributed by atoms with Gasteiger partial charge >= 0.3 is 0 Å². The number of hydrogen-bond donors (Lipinski definition) is 1. The van der Waals surface area contributed by atoms with Crippen LogP contribution < -0.4 is 4.74 Å². The van der Waals surface area contributed by atoms with Gasteiger partial charge in [-0.15, -0.1) is 0 Å². The monoisotopic (exact) mass is 314 g/mol. The lowest BCUT2D eigenvalue weighted by Crippen LogP contribution is -2.43. The SMILES string of the molecule is OCc1cc(Cl)ccc1OC1CCOC2(CCSC2)C1. The quantitative estimate of drug-likeness (QED) is 0.929. The largest absolute Gasteiger partial charge is 0.490 e. The number of rotatable bonds is 3. The van der Waals surface area contributed by atoms with Crippen LogP contribution in [0.25, 0.3) is 0 Å². The van der Waals surface area contributed by atoms with E-state index in [9.17, 15) is 5.11 Å². The van der Waals surface area contributed by atoms with E-state index < -0.39 is 0 Å². The molecular weight excluding hydrogens is 296 g/mol. The van der Waals surface area contributed by atoms with Gasteiger partial charge in [0.15, 0.2) is 0 Å². The highest BCUT2D eigenvalue weighted by Crippen LogP contribution is 2.39. The predicted molar refractivity (Wildman–Crippen MR) is 81.6 cm³/mol. The molecule has 2 aliphatic rings. The Balaban J connectivity index is 1.71. The second-order valence-electron chi connectivity index (χ2n) is 5.48. The van der Waals surface area contributed by atoms with E-state index in [1.165, 1.54) is 5.75 Å². The third-order valence-electron chi connectivity index (χ3n) is 4.00. The number of benzene rings is 1. The highest BCUT2D eigenvalue weighted by molar-refractivity contribution is 7.99. The summed E-state index contributed by atoms with van der Waals surface area (Å²) in [7, 11) is 0. The van der Waals surface area contributed by atoms with E-state index >= 15 is 0 Å². The van der Waals surface area contributed by atoms with E-state index in [0.29, 0.717) is 5.02 Å². The van der Waals surface area contributed by atoms with E-state index in [0.717, 1.165) is 42.9 Å². The molecule has 2 fully saturated rings. The van der Waals surface area contributed by atoms with Gasteiger partial charge < -0.3 is 14.6 Å². The molecule has 2 heterocycles. The van der Waals surface area contributed by atoms with Crippen molar-refractivity contribution in [3.63, 3.8) is 0 Å². The minimum absolute atomic E-state index is 0.0133. The molecule has 0 aliphatic carbocycles. The van der Waals surface area contributed by atoms with Crippen molar-refractivity contribution >= 4 is 23.4 Å². The molecule has 0 radical (unpaired) electrons. The van der Waals surface area contributed by atoms with Crippen molar-refractivity contribution in [3.05, 3.63) is 28.8 Å². The van der Waals surface area contributed by atoms with Gasteiger partial charge in [0, 0.05) is 29.2 Å². The molecule has 3 nitrogen and oxygen atoms in total. The van der Waals surface area contributed by atoms with E-state index in [2.05, 4.69) is 0 Å². The van der Waals surface area contributed by atoms with E-state index in [4.69, 9.17) is 21.1 Å². The van der Waals surface area contributed by atoms with Crippen LogP contribution in [0, 0.1) is 0 Å². The van der Waals surface area contributed by atoms with E-state index in [1.54, 1.807) is 12.1 Å². The molecule has 0 aromatic heterocycles. The van der Waals surface area contributed by atoms with Gasteiger partial charge in [0.2, 0.25) is 0 Å². The molecular formula is C15H19ClO3S. The van der Waals surface area contributed by atoms with Crippen LogP contribution in [-0.4, -0.2) is 34.9 Å². The van der Waals surface area contributed by atoms with Gasteiger partial charge in [0.1, 0.15) is 11.9 Å². The van der Waals surface area contributed by atoms with Gasteiger partial charge in [0.05, 0.1) is 18.8 Å². The molecule has 0 bridgehead atoms. The van der Waals surface area contributed by atoms with Crippen LogP contribution in [0.4, 0.5) is 0 Å². The highest BCUT2D eigenvalue weighted by Gasteiger charge is 2.41. The van der Waals surface area contributed by atoms with Crippen LogP contribution in [0.5, 0.6) is 5.75 Å². The number of hydrogen-bond acceptors (Lipinski definition) is 4. The van der Waals surface area contributed by atoms with Crippen LogP contribution in [-0.2, 0) is 11.3 Å². The van der Waals surface area contributed by atoms with Crippen molar-refractivity contribution in [2.75, 3.05) is 18.1 Å². The fraction of sp³-hybridized carbons (Fsp3) is 0.600. The van der Waals surface area contributed by atoms with E-state index in [1.807, 2.05) is 17.8 Å². The predicted octanol–water partition coefficient (Wildman–Crippen LogP) is 3.27. The molecule has 2 unspecified atom stereocenters. The molecule has 2 aliphatic heterocycles. The minimum Gasteiger partial charge on any atom is -0.490 e. The lowest BCUT2D eigenvalue weighted by Gasteiger charge is -2.37. The van der Waals surface area contributed by atoms with Crippen LogP contribution in [0.15, 0.2) is 18.2 Å². The summed E-state index contributed by atoms with van der Waals surface area (Å²) < 4.78 is 12.1. The fourth-order valence-electron chi connectivity index (χ4n) is 2.91. The fourth-order valence-corrected chi connectivity index (χ4v) is 4.49. The molecule has 0 saturated carbocycles. The third kappa shape index (κ3) is 3.08. The maximum Gasteiger partial charge on any atom is 0.125 e. The summed E-state index contributed by atoms with van der Waals surface area (Å²) in [5.74, 6) is 2.99. The molecule has 2 saturated heterocycles. The molecule has 1 aromatic rings. The zero-order valence-electron chi connectivity index (χ0n) is 11.3. The zero-order chi connectivity index (χ0) is 14.0. The second-order valence-corrected chi connectivity index (χ2v) is 7.02. The van der Waals surface area contributed by atoms with Crippen LogP contribution in [0.1, 0.15) is 24.8 Å². The van der Waals surface area contributed by atoms with Gasteiger partial charge in [0.25, 0.3) is 0 Å². The van der Waals surface area contributed by atoms with Crippen LogP contribution >= 0.6 is 23.4 Å². The number of aliphatic hydroxyl groups excluding tert-OH is 1. The number of ether oxygens (including phenoxy) is 2. The van der Waals surface area contributed by atoms with Gasteiger partial charge in [-0.2, -0.15) is 11.8 Å². The molecule has 5 heteroatoms. The van der Waals surface area contributed by atoms with Gasteiger partial charge in [-0.25, -0.2) is 0 Å². The first-order valence-electron chi connectivity index (χ1n) is 6.98. The Bertz CT molecular complexity index is 474. The zero-order valence-corrected chi connectivity index (χ0v) is 12.9. The van der Waals surface area contributed by atoms with Crippen LogP contribution in [0.3, 0.4) is 0 Å². The Morgan fingerprint density at radius 2 is 2.40 bits per heavy atom. The summed E-state index contributed by atoms with van der Waals surface area (Å²) >= 11 is 7.91. The first-order chi connectivity index (χ1) is 9.71. The molecule has 20 heavy (non-hydrogen) atoms. The number of aliphatic hydroxyl groups is 1. The van der Waals surface area contributed by atoms with Crippen molar-refractivity contribution in [2.45, 2.75) is 37.6 Å². The van der Waals surface area contributed by atoms with Crippen molar-refractivity contribution in [1.29, 1.82) is 0 Å². The summed E-state index contributed by atoms with van der Waals surface area (Å²) in [5.41, 5.74) is 0.762. The summed E-state index contributed by atoms with van der Waals surface area (Å²) in [6.07, 6.45) is 3.12. The van der Waals surface area contributed by atoms with Gasteiger partial charge in [-0.3, -0.25) is 0 Å². The van der Waals surface area contributed by atoms with Gasteiger partial charge in [-0.1, -0.05) is 11.6 Å². The van der Waals surface area contributed by atoms with Crippen molar-refractivity contribution < 1.29 is 14.6 Å². The van der Waals surface area contributed by atoms with Crippen molar-refractivity contribution in [1.82, 2.24) is 0 Å². The molecule has 1 spiro atoms. The second kappa shape index (κ2) is 6.14. The molecule has 1 aromatic carbocycles. The Morgan fingerprint density at radius 3 is 3.15 bits per heavy atom. The average molecular weight is 315 g/mol. The van der Waals surface area contributed by atoms with E-state index in [-0.39, 0.29) is 18.3 Å². The minimum atomic E-state index is -0.0554. The third-order valence-corrected chi connectivity index (χ3v) is 5.46. The Labute approximate surface area is 128 Å². The Kier molecular flexibility index (Phi) is 4.46. The molecule has 1 N–H and O–H groups in total. The number of halogens is 1. The van der Waals surface area contributed by atoms with Crippen molar-refractivity contribution in [2.24, 2.45) is 0 Å². The topological polar surface area (TPSA) is 38.7 Å². The Morgan fingerprint density at radius 1 is 1.50 bits per heavy atom.